The van der Waals surface area contributed by atoms with Crippen molar-refractivity contribution >= 4 is 51.7 Å². The van der Waals surface area contributed by atoms with Gasteiger partial charge in [0.05, 0.1) is 23.6 Å². The maximum Gasteiger partial charge on any atom is 0.267 e. The molecule has 0 atom stereocenters. The number of ether oxygens (including phenoxy) is 1. The summed E-state index contributed by atoms with van der Waals surface area (Å²) >= 11 is 6.55. The summed E-state index contributed by atoms with van der Waals surface area (Å²) in [5.41, 5.74) is 1.73. The minimum atomic E-state index is -0.243. The average molecular weight is 467 g/mol. The lowest BCUT2D eigenvalue weighted by molar-refractivity contribution is -0.122. The van der Waals surface area contributed by atoms with Gasteiger partial charge in [-0.05, 0) is 23.8 Å². The van der Waals surface area contributed by atoms with Crippen LogP contribution < -0.4 is 10.5 Å². The molecule has 4 rings (SSSR count). The molecule has 7 nitrogen and oxygen atoms in total. The summed E-state index contributed by atoms with van der Waals surface area (Å²) in [6, 6.07) is 15.3. The molecule has 0 bridgehead atoms. The number of carbonyl (C=O) groups excluding carboxylic acids is 1. The fourth-order valence-corrected chi connectivity index (χ4v) is 4.74. The van der Waals surface area contributed by atoms with Crippen molar-refractivity contribution in [1.82, 2.24) is 14.3 Å². The average Bonchev–Trinajstić information content (AvgIpc) is 3.07. The predicted octanol–water partition coefficient (Wildman–Crippen LogP) is 3.18. The summed E-state index contributed by atoms with van der Waals surface area (Å²) in [5, 5.41) is 0. The highest BCUT2D eigenvalue weighted by Gasteiger charge is 2.32. The zero-order valence-electron chi connectivity index (χ0n) is 17.7. The van der Waals surface area contributed by atoms with Gasteiger partial charge >= 0.3 is 0 Å². The number of amides is 1. The minimum absolute atomic E-state index is 0.230. The monoisotopic (exact) mass is 466 g/mol. The van der Waals surface area contributed by atoms with Gasteiger partial charge in [0.15, 0.2) is 0 Å². The number of anilines is 1. The molecule has 1 saturated heterocycles. The third kappa shape index (κ3) is 4.45. The lowest BCUT2D eigenvalue weighted by atomic mass is 10.2. The van der Waals surface area contributed by atoms with E-state index in [0.717, 1.165) is 5.56 Å². The maximum absolute atomic E-state index is 13.4. The van der Waals surface area contributed by atoms with Crippen LogP contribution >= 0.6 is 24.0 Å². The number of benzene rings is 1. The first-order valence-corrected chi connectivity index (χ1v) is 11.2. The van der Waals surface area contributed by atoms with Crippen LogP contribution in [0.4, 0.5) is 5.82 Å². The van der Waals surface area contributed by atoms with Crippen molar-refractivity contribution in [2.75, 3.05) is 32.2 Å². The Balaban J connectivity index is 1.79. The van der Waals surface area contributed by atoms with Crippen LogP contribution in [0, 0.1) is 0 Å². The lowest BCUT2D eigenvalue weighted by Gasteiger charge is -2.21. The maximum atomic E-state index is 13.4. The van der Waals surface area contributed by atoms with Gasteiger partial charge < -0.3 is 9.64 Å². The van der Waals surface area contributed by atoms with Crippen LogP contribution in [0.5, 0.6) is 0 Å². The molecule has 3 heterocycles. The third-order valence-electron chi connectivity index (χ3n) is 5.04. The molecule has 0 saturated carbocycles. The number of hydrogen-bond donors (Lipinski definition) is 0. The largest absolute Gasteiger partial charge is 0.383 e. The van der Waals surface area contributed by atoms with E-state index in [4.69, 9.17) is 21.9 Å². The fourth-order valence-electron chi connectivity index (χ4n) is 3.45. The third-order valence-corrected chi connectivity index (χ3v) is 6.42. The standard InChI is InChI=1S/C23H22N4O3S2/c1-25(15-16-8-4-3-5-9-16)20-17(21(28)26-11-7-6-10-19(26)24-20)14-18-22(29)27(12-13-30-2)23(31)32-18/h3-11,14H,12-13,15H2,1-2H3/b18-14+. The quantitative estimate of drug-likeness (QED) is 0.391. The second-order valence-corrected chi connectivity index (χ2v) is 8.93. The SMILES string of the molecule is COCCN1C(=O)/C(=C\c2c(N(C)Cc3ccccc3)nc3ccccn3c2=O)SC1=S. The first-order chi connectivity index (χ1) is 15.5. The van der Waals surface area contributed by atoms with Crippen molar-refractivity contribution in [3.05, 3.63) is 81.1 Å². The number of thiocarbonyl (C=S) groups is 1. The number of pyridine rings is 1. The molecule has 1 aromatic carbocycles. The summed E-state index contributed by atoms with van der Waals surface area (Å²) in [6.45, 7) is 1.31. The van der Waals surface area contributed by atoms with Crippen LogP contribution in [-0.2, 0) is 16.1 Å². The van der Waals surface area contributed by atoms with Crippen molar-refractivity contribution in [2.45, 2.75) is 6.54 Å². The van der Waals surface area contributed by atoms with Crippen LogP contribution in [0.1, 0.15) is 11.1 Å². The molecule has 164 valence electrons. The molecule has 0 N–H and O–H groups in total. The van der Waals surface area contributed by atoms with E-state index < -0.39 is 0 Å². The molecular formula is C23H22N4O3S2. The van der Waals surface area contributed by atoms with Crippen molar-refractivity contribution < 1.29 is 9.53 Å². The second kappa shape index (κ2) is 9.64. The molecule has 1 amide bonds. The van der Waals surface area contributed by atoms with Crippen molar-refractivity contribution in [3.63, 3.8) is 0 Å². The van der Waals surface area contributed by atoms with Gasteiger partial charge in [0.25, 0.3) is 11.5 Å². The number of rotatable bonds is 7. The number of fused-ring (bicyclic) bond motifs is 1. The summed E-state index contributed by atoms with van der Waals surface area (Å²) in [7, 11) is 3.46. The number of hydrogen-bond acceptors (Lipinski definition) is 7. The van der Waals surface area contributed by atoms with Crippen LogP contribution in [0.15, 0.2) is 64.4 Å². The van der Waals surface area contributed by atoms with Crippen molar-refractivity contribution in [2.24, 2.45) is 0 Å². The Morgan fingerprint density at radius 2 is 1.91 bits per heavy atom. The van der Waals surface area contributed by atoms with Gasteiger partial charge in [-0.3, -0.25) is 18.9 Å². The van der Waals surface area contributed by atoms with Crippen molar-refractivity contribution in [3.8, 4) is 0 Å². The Morgan fingerprint density at radius 3 is 2.66 bits per heavy atom. The molecule has 1 aliphatic heterocycles. The lowest BCUT2D eigenvalue weighted by Crippen LogP contribution is -2.31. The number of methoxy groups -OCH3 is 1. The molecule has 1 aliphatic rings. The van der Waals surface area contributed by atoms with Gasteiger partial charge in [-0.15, -0.1) is 0 Å². The highest BCUT2D eigenvalue weighted by molar-refractivity contribution is 8.26. The summed E-state index contributed by atoms with van der Waals surface area (Å²) < 4.78 is 7.01. The van der Waals surface area contributed by atoms with Gasteiger partial charge in [-0.25, -0.2) is 4.98 Å². The van der Waals surface area contributed by atoms with E-state index in [0.29, 0.717) is 46.0 Å². The predicted molar refractivity (Wildman–Crippen MR) is 132 cm³/mol. The van der Waals surface area contributed by atoms with Gasteiger partial charge in [0.1, 0.15) is 15.8 Å². The van der Waals surface area contributed by atoms with Crippen LogP contribution in [0.25, 0.3) is 11.7 Å². The first-order valence-electron chi connectivity index (χ1n) is 10.0. The van der Waals surface area contributed by atoms with E-state index in [9.17, 15) is 9.59 Å². The van der Waals surface area contributed by atoms with Crippen LogP contribution in [0.2, 0.25) is 0 Å². The Kier molecular flexibility index (Phi) is 6.69. The fraction of sp³-hybridized carbons (Fsp3) is 0.217. The Labute approximate surface area is 195 Å². The highest BCUT2D eigenvalue weighted by atomic mass is 32.2. The van der Waals surface area contributed by atoms with Gasteiger partial charge in [0.2, 0.25) is 0 Å². The van der Waals surface area contributed by atoms with E-state index in [1.165, 1.54) is 21.1 Å². The molecule has 3 aromatic rings. The highest BCUT2D eigenvalue weighted by Crippen LogP contribution is 2.33. The first kappa shape index (κ1) is 22.2. The Morgan fingerprint density at radius 1 is 1.16 bits per heavy atom. The molecule has 0 radical (unpaired) electrons. The smallest absolute Gasteiger partial charge is 0.267 e. The molecular weight excluding hydrogens is 444 g/mol. The van der Waals surface area contributed by atoms with Crippen LogP contribution in [0.3, 0.4) is 0 Å². The number of aromatic nitrogens is 2. The van der Waals surface area contributed by atoms with Gasteiger partial charge in [-0.2, -0.15) is 0 Å². The number of carbonyl (C=O) groups is 1. The molecule has 9 heteroatoms. The molecule has 0 spiro atoms. The zero-order chi connectivity index (χ0) is 22.7. The Bertz CT molecular complexity index is 1260. The number of thioether (sulfide) groups is 1. The normalized spacial score (nSPS) is 15.2. The number of nitrogens with zero attached hydrogens (tertiary/aromatic N) is 4. The van der Waals surface area contributed by atoms with Crippen molar-refractivity contribution in [1.29, 1.82) is 0 Å². The van der Waals surface area contributed by atoms with Gasteiger partial charge in [-0.1, -0.05) is 60.4 Å². The van der Waals surface area contributed by atoms with E-state index >= 15 is 0 Å². The molecule has 32 heavy (non-hydrogen) atoms. The Hall–Kier alpha value is -3.01. The minimum Gasteiger partial charge on any atom is -0.383 e. The zero-order valence-corrected chi connectivity index (χ0v) is 19.4. The van der Waals surface area contributed by atoms with E-state index in [-0.39, 0.29) is 11.5 Å². The van der Waals surface area contributed by atoms with E-state index in [2.05, 4.69) is 0 Å². The van der Waals surface area contributed by atoms with E-state index in [1.54, 1.807) is 31.5 Å². The van der Waals surface area contributed by atoms with E-state index in [1.807, 2.05) is 48.3 Å². The molecule has 1 fully saturated rings. The summed E-state index contributed by atoms with van der Waals surface area (Å²) in [4.78, 5) is 34.9. The molecule has 2 aromatic heterocycles. The molecule has 0 unspecified atom stereocenters. The van der Waals surface area contributed by atoms with Gasteiger partial charge in [0, 0.05) is 26.9 Å². The molecule has 0 aliphatic carbocycles. The summed E-state index contributed by atoms with van der Waals surface area (Å²) in [5.74, 6) is 0.276. The topological polar surface area (TPSA) is 67.2 Å². The summed E-state index contributed by atoms with van der Waals surface area (Å²) in [6.07, 6.45) is 3.28. The second-order valence-electron chi connectivity index (χ2n) is 7.25. The van der Waals surface area contributed by atoms with Crippen LogP contribution in [-0.4, -0.2) is 51.8 Å².